The summed E-state index contributed by atoms with van der Waals surface area (Å²) >= 11 is 0. The zero-order chi connectivity index (χ0) is 19.7. The molecule has 0 saturated heterocycles. The van der Waals surface area contributed by atoms with Crippen molar-refractivity contribution in [2.24, 2.45) is 0 Å². The number of aromatic nitrogens is 2. The highest BCUT2D eigenvalue weighted by Crippen LogP contribution is 2.33. The minimum atomic E-state index is -0.315. The van der Waals surface area contributed by atoms with Crippen LogP contribution in [0, 0.1) is 35.4 Å². The number of rotatable bonds is 4. The van der Waals surface area contributed by atoms with Crippen LogP contribution in [0.5, 0.6) is 0 Å². The maximum Gasteiger partial charge on any atom is 0.157 e. The van der Waals surface area contributed by atoms with E-state index in [0.717, 1.165) is 28.0 Å². The van der Waals surface area contributed by atoms with Gasteiger partial charge in [-0.3, -0.25) is 4.40 Å². The zero-order valence-electron chi connectivity index (χ0n) is 15.2. The van der Waals surface area contributed by atoms with Gasteiger partial charge in [0.15, 0.2) is 5.65 Å². The molecule has 0 aliphatic carbocycles. The molecule has 0 bridgehead atoms. The molecule has 1 N–H and O–H groups in total. The van der Waals surface area contributed by atoms with E-state index in [0.29, 0.717) is 29.7 Å². The Morgan fingerprint density at radius 3 is 2.57 bits per heavy atom. The van der Waals surface area contributed by atoms with Crippen molar-refractivity contribution in [3.63, 3.8) is 0 Å². The molecular formula is C22H16FN5. The standard InChI is InChI=1S/C22H16FN5/c1-14-17(5-4-12-24)21(26-16-10-8-15(23)9-11-16)28-20-7-3-2-6-19(20)27-22(28)18(14)13-25/h2-3,6-11,26H,4-5H2,1H3. The van der Waals surface area contributed by atoms with Crippen LogP contribution < -0.4 is 5.32 Å². The van der Waals surface area contributed by atoms with Gasteiger partial charge in [0.25, 0.3) is 0 Å². The number of benzene rings is 2. The largest absolute Gasteiger partial charge is 0.341 e. The van der Waals surface area contributed by atoms with E-state index in [4.69, 9.17) is 5.26 Å². The molecule has 5 nitrogen and oxygen atoms in total. The third kappa shape index (κ3) is 2.82. The number of hydrogen-bond donors (Lipinski definition) is 1. The second kappa shape index (κ2) is 7.02. The molecule has 2 aromatic carbocycles. The number of halogens is 1. The van der Waals surface area contributed by atoms with Gasteiger partial charge in [0.1, 0.15) is 17.7 Å². The minimum Gasteiger partial charge on any atom is -0.341 e. The van der Waals surface area contributed by atoms with Crippen LogP contribution in [0.2, 0.25) is 0 Å². The van der Waals surface area contributed by atoms with Crippen molar-refractivity contribution < 1.29 is 4.39 Å². The van der Waals surface area contributed by atoms with Gasteiger partial charge in [-0.05, 0) is 60.9 Å². The highest BCUT2D eigenvalue weighted by molar-refractivity contribution is 5.87. The summed E-state index contributed by atoms with van der Waals surface area (Å²) in [4.78, 5) is 4.66. The van der Waals surface area contributed by atoms with E-state index < -0.39 is 0 Å². The van der Waals surface area contributed by atoms with E-state index in [1.807, 2.05) is 35.6 Å². The average molecular weight is 369 g/mol. The molecule has 6 heteroatoms. The summed E-state index contributed by atoms with van der Waals surface area (Å²) in [5.41, 5.74) is 5.07. The Labute approximate surface area is 161 Å². The van der Waals surface area contributed by atoms with Crippen molar-refractivity contribution in [1.82, 2.24) is 9.38 Å². The number of pyridine rings is 1. The van der Waals surface area contributed by atoms with Crippen LogP contribution in [0.3, 0.4) is 0 Å². The molecule has 28 heavy (non-hydrogen) atoms. The molecule has 0 aliphatic heterocycles. The summed E-state index contributed by atoms with van der Waals surface area (Å²) in [7, 11) is 0. The average Bonchev–Trinajstić information content (AvgIpc) is 3.08. The first-order chi connectivity index (χ1) is 13.6. The summed E-state index contributed by atoms with van der Waals surface area (Å²) in [5.74, 6) is 0.423. The third-order valence-electron chi connectivity index (χ3n) is 4.83. The highest BCUT2D eigenvalue weighted by atomic mass is 19.1. The molecule has 0 spiro atoms. The van der Waals surface area contributed by atoms with Crippen molar-refractivity contribution in [3.8, 4) is 12.1 Å². The van der Waals surface area contributed by atoms with Crippen molar-refractivity contribution in [1.29, 1.82) is 10.5 Å². The number of anilines is 2. The van der Waals surface area contributed by atoms with Gasteiger partial charge in [-0.1, -0.05) is 12.1 Å². The molecule has 0 fully saturated rings. The molecule has 0 unspecified atom stereocenters. The Morgan fingerprint density at radius 2 is 1.86 bits per heavy atom. The fourth-order valence-corrected chi connectivity index (χ4v) is 3.47. The summed E-state index contributed by atoms with van der Waals surface area (Å²) in [5, 5.41) is 22.2. The maximum absolute atomic E-state index is 13.3. The fourth-order valence-electron chi connectivity index (χ4n) is 3.47. The van der Waals surface area contributed by atoms with Gasteiger partial charge in [0.05, 0.1) is 22.7 Å². The van der Waals surface area contributed by atoms with Gasteiger partial charge >= 0.3 is 0 Å². The third-order valence-corrected chi connectivity index (χ3v) is 4.83. The lowest BCUT2D eigenvalue weighted by Crippen LogP contribution is -2.08. The Balaban J connectivity index is 2.07. The summed E-state index contributed by atoms with van der Waals surface area (Å²) in [6.07, 6.45) is 0.810. The first-order valence-electron chi connectivity index (χ1n) is 8.86. The number of imidazole rings is 1. The van der Waals surface area contributed by atoms with Gasteiger partial charge < -0.3 is 5.32 Å². The van der Waals surface area contributed by atoms with Gasteiger partial charge in [0.2, 0.25) is 0 Å². The van der Waals surface area contributed by atoms with Crippen LogP contribution in [0.15, 0.2) is 48.5 Å². The van der Waals surface area contributed by atoms with Crippen molar-refractivity contribution >= 4 is 28.2 Å². The van der Waals surface area contributed by atoms with Crippen LogP contribution in [0.1, 0.15) is 23.1 Å². The molecule has 4 aromatic rings. The van der Waals surface area contributed by atoms with E-state index in [2.05, 4.69) is 22.4 Å². The molecule has 4 rings (SSSR count). The Bertz CT molecular complexity index is 1270. The topological polar surface area (TPSA) is 76.9 Å². The SMILES string of the molecule is Cc1c(CCC#N)c(Nc2ccc(F)cc2)n2c(nc3ccccc32)c1C#N. The molecular weight excluding hydrogens is 353 g/mol. The van der Waals surface area contributed by atoms with Crippen LogP contribution in [0.4, 0.5) is 15.9 Å². The second-order valence-corrected chi connectivity index (χ2v) is 6.49. The first-order valence-corrected chi connectivity index (χ1v) is 8.86. The number of para-hydroxylation sites is 2. The van der Waals surface area contributed by atoms with E-state index in [1.165, 1.54) is 12.1 Å². The normalized spacial score (nSPS) is 10.7. The highest BCUT2D eigenvalue weighted by Gasteiger charge is 2.20. The lowest BCUT2D eigenvalue weighted by molar-refractivity contribution is 0.628. The van der Waals surface area contributed by atoms with Crippen molar-refractivity contribution in [2.75, 3.05) is 5.32 Å². The molecule has 0 amide bonds. The molecule has 0 atom stereocenters. The van der Waals surface area contributed by atoms with Gasteiger partial charge in [0, 0.05) is 12.1 Å². The first kappa shape index (κ1) is 17.5. The second-order valence-electron chi connectivity index (χ2n) is 6.49. The fraction of sp³-hybridized carbons (Fsp3) is 0.136. The molecule has 0 aliphatic rings. The predicted octanol–water partition coefficient (Wildman–Crippen LogP) is 5.01. The molecule has 0 saturated carbocycles. The molecule has 2 aromatic heterocycles. The quantitative estimate of drug-likeness (QED) is 0.549. The number of nitrogens with one attached hydrogen (secondary N) is 1. The monoisotopic (exact) mass is 369 g/mol. The van der Waals surface area contributed by atoms with Gasteiger partial charge in [-0.25, -0.2) is 9.37 Å². The van der Waals surface area contributed by atoms with E-state index in [-0.39, 0.29) is 5.82 Å². The number of fused-ring (bicyclic) bond motifs is 3. The number of nitriles is 2. The summed E-state index contributed by atoms with van der Waals surface area (Å²) in [6, 6.07) is 18.2. The number of nitrogens with zero attached hydrogens (tertiary/aromatic N) is 4. The van der Waals surface area contributed by atoms with E-state index in [9.17, 15) is 9.65 Å². The van der Waals surface area contributed by atoms with Crippen LogP contribution in [-0.4, -0.2) is 9.38 Å². The van der Waals surface area contributed by atoms with E-state index in [1.54, 1.807) is 12.1 Å². The molecule has 2 heterocycles. The van der Waals surface area contributed by atoms with Crippen molar-refractivity contribution in [2.45, 2.75) is 19.8 Å². The Kier molecular flexibility index (Phi) is 4.39. The zero-order valence-corrected chi connectivity index (χ0v) is 15.2. The minimum absolute atomic E-state index is 0.315. The predicted molar refractivity (Wildman–Crippen MR) is 106 cm³/mol. The summed E-state index contributed by atoms with van der Waals surface area (Å²) in [6.45, 7) is 1.88. The van der Waals surface area contributed by atoms with Crippen molar-refractivity contribution in [3.05, 3.63) is 71.0 Å². The smallest absolute Gasteiger partial charge is 0.157 e. The lowest BCUT2D eigenvalue weighted by Gasteiger charge is -2.18. The van der Waals surface area contributed by atoms with Crippen LogP contribution in [-0.2, 0) is 6.42 Å². The Morgan fingerprint density at radius 1 is 1.11 bits per heavy atom. The maximum atomic E-state index is 13.3. The lowest BCUT2D eigenvalue weighted by atomic mass is 10.0. The summed E-state index contributed by atoms with van der Waals surface area (Å²) < 4.78 is 15.2. The Hall–Kier alpha value is -3.90. The molecule has 0 radical (unpaired) electrons. The van der Waals surface area contributed by atoms with Crippen LogP contribution >= 0.6 is 0 Å². The van der Waals surface area contributed by atoms with Crippen LogP contribution in [0.25, 0.3) is 16.7 Å². The van der Waals surface area contributed by atoms with E-state index >= 15 is 0 Å². The number of hydrogen-bond acceptors (Lipinski definition) is 4. The van der Waals surface area contributed by atoms with Gasteiger partial charge in [-0.15, -0.1) is 0 Å². The van der Waals surface area contributed by atoms with Gasteiger partial charge in [-0.2, -0.15) is 10.5 Å². The molecule has 136 valence electrons.